The van der Waals surface area contributed by atoms with Gasteiger partial charge in [-0.2, -0.15) is 6.08 Å². The van der Waals surface area contributed by atoms with E-state index in [1.807, 2.05) is 15.4 Å². The van der Waals surface area contributed by atoms with Crippen LogP contribution < -0.4 is 24.8 Å². The van der Waals surface area contributed by atoms with E-state index in [9.17, 15) is 0 Å². The van der Waals surface area contributed by atoms with E-state index < -0.39 is 0 Å². The van der Waals surface area contributed by atoms with Crippen molar-refractivity contribution in [2.45, 2.75) is 104 Å². The van der Waals surface area contributed by atoms with Crippen LogP contribution in [0, 0.1) is 12.1 Å². The number of benzene rings is 4. The molecule has 0 aliphatic heterocycles. The van der Waals surface area contributed by atoms with Gasteiger partial charge in [0, 0.05) is 0 Å². The molecule has 0 unspecified atom stereocenters. The van der Waals surface area contributed by atoms with Crippen molar-refractivity contribution in [1.82, 2.24) is 0 Å². The van der Waals surface area contributed by atoms with E-state index in [1.54, 1.807) is 24.2 Å². The number of allylic oxidation sites excluding steroid dienone is 4. The first-order valence-corrected chi connectivity index (χ1v) is 18.4. The zero-order valence-electron chi connectivity index (χ0n) is 29.7. The predicted molar refractivity (Wildman–Crippen MR) is 196 cm³/mol. The monoisotopic (exact) mass is 750 g/mol. The topological polar surface area (TPSA) is 0 Å². The van der Waals surface area contributed by atoms with E-state index in [2.05, 4.69) is 139 Å². The summed E-state index contributed by atoms with van der Waals surface area (Å²) in [5.41, 5.74) is 13.5. The summed E-state index contributed by atoms with van der Waals surface area (Å²) in [4.78, 5) is 0. The van der Waals surface area contributed by atoms with E-state index in [0.717, 1.165) is 12.8 Å². The molecule has 1 saturated carbocycles. The van der Waals surface area contributed by atoms with Crippen molar-refractivity contribution in [2.75, 3.05) is 0 Å². The van der Waals surface area contributed by atoms with Crippen molar-refractivity contribution in [3.8, 4) is 33.4 Å². The fraction of sp³-hybridized carbons (Fsp3) is 0.356. The van der Waals surface area contributed by atoms with Gasteiger partial charge in [0.25, 0.3) is 0 Å². The number of hydrogen-bond donors (Lipinski definition) is 0. The molecule has 0 aromatic heterocycles. The van der Waals surface area contributed by atoms with Gasteiger partial charge < -0.3 is 24.8 Å². The Hall–Kier alpha value is -2.31. The van der Waals surface area contributed by atoms with Crippen LogP contribution in [0.1, 0.15) is 109 Å². The van der Waals surface area contributed by atoms with Crippen LogP contribution in [0.15, 0.2) is 97.1 Å². The van der Waals surface area contributed by atoms with Crippen molar-refractivity contribution in [2.24, 2.45) is 0 Å². The van der Waals surface area contributed by atoms with Crippen molar-refractivity contribution < 1.29 is 49.0 Å². The summed E-state index contributed by atoms with van der Waals surface area (Å²) in [7, 11) is 0. The van der Waals surface area contributed by atoms with Gasteiger partial charge in [0.1, 0.15) is 0 Å². The van der Waals surface area contributed by atoms with Gasteiger partial charge in [-0.3, -0.25) is 6.08 Å². The van der Waals surface area contributed by atoms with Crippen molar-refractivity contribution in [3.05, 3.63) is 131 Å². The van der Waals surface area contributed by atoms with E-state index >= 15 is 0 Å². The fourth-order valence-corrected chi connectivity index (χ4v) is 7.47. The Morgan fingerprint density at radius 1 is 0.625 bits per heavy atom. The Kier molecular flexibility index (Phi) is 15.1. The third-order valence-corrected chi connectivity index (χ3v) is 10.3. The van der Waals surface area contributed by atoms with Crippen LogP contribution in [-0.4, -0.2) is 3.21 Å². The summed E-state index contributed by atoms with van der Waals surface area (Å²) in [5.74, 6) is 0. The van der Waals surface area contributed by atoms with Gasteiger partial charge in [0.15, 0.2) is 0 Å². The second kappa shape index (κ2) is 18.1. The maximum absolute atomic E-state index is 3.88. The molecule has 7 rings (SSSR count). The van der Waals surface area contributed by atoms with Crippen LogP contribution in [0.25, 0.3) is 33.4 Å². The zero-order chi connectivity index (χ0) is 32.7. The molecular formula is C45H50Cl2Zr-2. The summed E-state index contributed by atoms with van der Waals surface area (Å²) in [6.07, 6.45) is 19.7. The van der Waals surface area contributed by atoms with Crippen molar-refractivity contribution in [3.63, 3.8) is 0 Å². The van der Waals surface area contributed by atoms with Gasteiger partial charge in [-0.25, -0.2) is 12.2 Å². The summed E-state index contributed by atoms with van der Waals surface area (Å²) in [5, 5.41) is 0. The fourth-order valence-electron chi connectivity index (χ4n) is 6.60. The van der Waals surface area contributed by atoms with Crippen LogP contribution >= 0.6 is 0 Å². The van der Waals surface area contributed by atoms with E-state index in [-0.39, 0.29) is 35.6 Å². The number of halogens is 2. The van der Waals surface area contributed by atoms with Crippen LogP contribution in [0.5, 0.6) is 0 Å². The van der Waals surface area contributed by atoms with Crippen LogP contribution in [0.3, 0.4) is 0 Å². The molecule has 0 saturated heterocycles. The minimum atomic E-state index is 0. The quantitative estimate of drug-likeness (QED) is 0.146. The predicted octanol–water partition coefficient (Wildman–Crippen LogP) is 6.36. The number of hydrogen-bond acceptors (Lipinski definition) is 0. The molecule has 0 atom stereocenters. The molecule has 3 aliphatic carbocycles. The van der Waals surface area contributed by atoms with Crippen molar-refractivity contribution >= 4 is 3.21 Å². The molecular weight excluding hydrogens is 703 g/mol. The minimum absolute atomic E-state index is 0. The molecule has 3 heteroatoms. The first-order chi connectivity index (χ1) is 22.0. The molecule has 48 heavy (non-hydrogen) atoms. The van der Waals surface area contributed by atoms with E-state index in [4.69, 9.17) is 0 Å². The average molecular weight is 753 g/mol. The van der Waals surface area contributed by atoms with Gasteiger partial charge in [-0.15, -0.1) is 35.2 Å². The second-order valence-corrected chi connectivity index (χ2v) is 16.7. The Balaban J connectivity index is 0.000000348. The number of rotatable bonds is 2. The van der Waals surface area contributed by atoms with Gasteiger partial charge in [0.05, 0.1) is 0 Å². The molecule has 1 fully saturated rings. The molecule has 3 aliphatic rings. The maximum atomic E-state index is 3.88. The molecule has 0 bridgehead atoms. The Morgan fingerprint density at radius 3 is 1.69 bits per heavy atom. The zero-order valence-corrected chi connectivity index (χ0v) is 33.6. The van der Waals surface area contributed by atoms with Gasteiger partial charge in [0.2, 0.25) is 0 Å². The summed E-state index contributed by atoms with van der Waals surface area (Å²) < 4.78 is 1.81. The van der Waals surface area contributed by atoms with Gasteiger partial charge in [-0.1, -0.05) is 131 Å². The molecule has 0 amide bonds. The van der Waals surface area contributed by atoms with E-state index in [1.165, 1.54) is 94.2 Å². The summed E-state index contributed by atoms with van der Waals surface area (Å²) in [6.45, 7) is 13.9. The third kappa shape index (κ3) is 10.4. The third-order valence-electron chi connectivity index (χ3n) is 9.12. The molecule has 0 N–H and O–H groups in total. The standard InChI is InChI=1S/C33H33.C7H12.C5H5.2ClH.Zr/c1-32(2,3)30-20-26-24(18-28(30)22-13-9-7-10-14-22)17-25-19-29(23-15-11-8-12-16-23)31(21-27(25)26)33(4,5)6;1-2-4-6-7-5-3-1;1-2-4-5-3-1;;;/h7-16,18,20-21H,17H2,1-6H3;1-6H2;1-3H,4H2;2*1H;/q-1;;-1;;;+2/p-2. The summed E-state index contributed by atoms with van der Waals surface area (Å²) >= 11 is 1.69. The number of fused-ring (bicyclic) bond motifs is 3. The molecule has 4 aromatic rings. The second-order valence-electron chi connectivity index (χ2n) is 14.9. The SMILES string of the molecule is CC(C)(C)c1cc2c([c-]c1-c1ccccc1)Cc1cc(-c3ccccc3)c(C(C)(C)C)cc1-2.[C-]1=CC=CC1.[Cl-].[Cl-].[Zr+2]=[C]1CCCCCC1. The first-order valence-electron chi connectivity index (χ1n) is 17.2. The molecule has 0 heterocycles. The van der Waals surface area contributed by atoms with Crippen molar-refractivity contribution in [1.29, 1.82) is 0 Å². The normalized spacial score (nSPS) is 14.6. The summed E-state index contributed by atoms with van der Waals surface area (Å²) in [6, 6.07) is 32.8. The molecule has 0 nitrogen and oxygen atoms in total. The van der Waals surface area contributed by atoms with Crippen LogP contribution in [0.4, 0.5) is 0 Å². The molecule has 250 valence electrons. The molecule has 0 spiro atoms. The Bertz CT molecular complexity index is 1580. The molecule has 4 aromatic carbocycles. The Labute approximate surface area is 318 Å². The van der Waals surface area contributed by atoms with E-state index in [0.29, 0.717) is 0 Å². The van der Waals surface area contributed by atoms with Crippen LogP contribution in [0.2, 0.25) is 0 Å². The first kappa shape index (κ1) is 40.1. The average Bonchev–Trinajstić information content (AvgIpc) is 3.68. The molecule has 0 radical (unpaired) electrons. The van der Waals surface area contributed by atoms with Gasteiger partial charge in [-0.05, 0) is 39.5 Å². The Morgan fingerprint density at radius 2 is 1.19 bits per heavy atom. The van der Waals surface area contributed by atoms with Gasteiger partial charge >= 0.3 is 66.0 Å². The van der Waals surface area contributed by atoms with Crippen LogP contribution in [-0.2, 0) is 41.5 Å².